The number of aromatic nitrogens is 3. The predicted octanol–water partition coefficient (Wildman–Crippen LogP) is -0.135. The van der Waals surface area contributed by atoms with E-state index in [4.69, 9.17) is 0 Å². The summed E-state index contributed by atoms with van der Waals surface area (Å²) in [6.07, 6.45) is 6.38. The van der Waals surface area contributed by atoms with Gasteiger partial charge in [0, 0.05) is 30.1 Å². The van der Waals surface area contributed by atoms with Gasteiger partial charge in [0.05, 0.1) is 0 Å². The quantitative estimate of drug-likeness (QED) is 0.435. The van der Waals surface area contributed by atoms with Crippen molar-refractivity contribution in [2.45, 2.75) is 6.73 Å². The van der Waals surface area contributed by atoms with Crippen molar-refractivity contribution in [2.75, 3.05) is 0 Å². The van der Waals surface area contributed by atoms with Gasteiger partial charge in [-0.3, -0.25) is 0 Å². The molecular weight excluding hydrogens is 258 g/mol. The van der Waals surface area contributed by atoms with Crippen LogP contribution in [0.15, 0.2) is 43.0 Å². The third-order valence-corrected chi connectivity index (χ3v) is 2.46. The second-order valence-corrected chi connectivity index (χ2v) is 4.38. The van der Waals surface area contributed by atoms with E-state index in [0.29, 0.717) is 5.82 Å². The van der Waals surface area contributed by atoms with Gasteiger partial charge < -0.3 is 4.55 Å². The molecule has 2 aromatic rings. The Labute approximate surface area is 104 Å². The molecule has 0 unspecified atom stereocenters. The lowest BCUT2D eigenvalue weighted by Crippen LogP contribution is -2.35. The Kier molecular flexibility index (Phi) is 3.60. The summed E-state index contributed by atoms with van der Waals surface area (Å²) in [4.78, 5) is 8.13. The molecule has 7 nitrogen and oxygen atoms in total. The molecule has 0 aromatic carbocycles. The topological polar surface area (TPSA) is 96.1 Å². The molecule has 0 atom stereocenters. The van der Waals surface area contributed by atoms with Crippen LogP contribution >= 0.6 is 0 Å². The van der Waals surface area contributed by atoms with Crippen LogP contribution in [-0.4, -0.2) is 22.9 Å². The lowest BCUT2D eigenvalue weighted by Gasteiger charge is -2.04. The second kappa shape index (κ2) is 5.17. The highest BCUT2D eigenvalue weighted by Crippen LogP contribution is 2.10. The largest absolute Gasteiger partial charge is 0.725 e. The van der Waals surface area contributed by atoms with Crippen LogP contribution in [0.5, 0.6) is 0 Å². The number of hydrogen-bond acceptors (Lipinski definition) is 6. The van der Waals surface area contributed by atoms with E-state index in [-0.39, 0.29) is 6.73 Å². The summed E-state index contributed by atoms with van der Waals surface area (Å²) in [6, 6.07) is 5.09. The molecule has 0 radical (unpaired) electrons. The summed E-state index contributed by atoms with van der Waals surface area (Å²) in [6.45, 7) is -0.359. The van der Waals surface area contributed by atoms with Crippen LogP contribution in [0.4, 0.5) is 0 Å². The standard InChI is InChI=1S/C10H9N3O4S/c14-18(15,16)17-8-13-6-2-9(3-7-13)10-11-4-1-5-12-10/h1-7H,8H2. The van der Waals surface area contributed by atoms with E-state index in [0.717, 1.165) is 5.56 Å². The first kappa shape index (κ1) is 12.6. The monoisotopic (exact) mass is 267 g/mol. The van der Waals surface area contributed by atoms with Crippen molar-refractivity contribution in [2.24, 2.45) is 0 Å². The fourth-order valence-electron chi connectivity index (χ4n) is 1.27. The molecule has 0 saturated heterocycles. The van der Waals surface area contributed by atoms with Crippen LogP contribution in [0.3, 0.4) is 0 Å². The number of hydrogen-bond donors (Lipinski definition) is 0. The maximum atomic E-state index is 10.3. The lowest BCUT2D eigenvalue weighted by molar-refractivity contribution is -0.724. The molecule has 0 aliphatic rings. The summed E-state index contributed by atoms with van der Waals surface area (Å²) < 4.78 is 36.4. The summed E-state index contributed by atoms with van der Waals surface area (Å²) >= 11 is 0. The Morgan fingerprint density at radius 3 is 2.39 bits per heavy atom. The van der Waals surface area contributed by atoms with Crippen LogP contribution < -0.4 is 4.57 Å². The Hall–Kier alpha value is -1.90. The number of rotatable bonds is 4. The third-order valence-electron chi connectivity index (χ3n) is 2.06. The molecule has 2 aromatic heterocycles. The number of nitrogens with zero attached hydrogens (tertiary/aromatic N) is 3. The molecule has 0 spiro atoms. The van der Waals surface area contributed by atoms with Crippen molar-refractivity contribution >= 4 is 10.4 Å². The maximum absolute atomic E-state index is 10.3. The first-order valence-corrected chi connectivity index (χ1v) is 6.25. The van der Waals surface area contributed by atoms with Crippen LogP contribution in [0.25, 0.3) is 11.4 Å². The molecule has 8 heteroatoms. The maximum Gasteiger partial charge on any atom is 0.267 e. The molecule has 0 fully saturated rings. The summed E-state index contributed by atoms with van der Waals surface area (Å²) in [5.74, 6) is 0.557. The second-order valence-electron chi connectivity index (χ2n) is 3.33. The van der Waals surface area contributed by atoms with E-state index in [2.05, 4.69) is 14.2 Å². The first-order chi connectivity index (χ1) is 8.54. The zero-order valence-corrected chi connectivity index (χ0v) is 9.95. The minimum atomic E-state index is -4.68. The van der Waals surface area contributed by atoms with Crippen LogP contribution in [-0.2, 0) is 21.3 Å². The van der Waals surface area contributed by atoms with Gasteiger partial charge in [-0.15, -0.1) is 0 Å². The van der Waals surface area contributed by atoms with Crippen molar-refractivity contribution in [3.8, 4) is 11.4 Å². The molecule has 2 rings (SSSR count). The molecule has 0 saturated carbocycles. The van der Waals surface area contributed by atoms with Gasteiger partial charge in [-0.25, -0.2) is 22.6 Å². The molecule has 0 N–H and O–H groups in total. The van der Waals surface area contributed by atoms with E-state index in [9.17, 15) is 13.0 Å². The van der Waals surface area contributed by atoms with E-state index in [1.807, 2.05) is 0 Å². The molecule has 0 aliphatic carbocycles. The SMILES string of the molecule is O=S(=O)([O-])OC[n+]1ccc(-c2ncccn2)cc1. The Morgan fingerprint density at radius 1 is 1.22 bits per heavy atom. The minimum Gasteiger partial charge on any atom is -0.725 e. The Morgan fingerprint density at radius 2 is 1.83 bits per heavy atom. The fraction of sp³-hybridized carbons (Fsp3) is 0.100. The average molecular weight is 267 g/mol. The van der Waals surface area contributed by atoms with Crippen molar-refractivity contribution in [1.82, 2.24) is 9.97 Å². The average Bonchev–Trinajstić information content (AvgIpc) is 2.37. The van der Waals surface area contributed by atoms with E-state index in [1.54, 1.807) is 43.0 Å². The zero-order chi connectivity index (χ0) is 13.0. The minimum absolute atomic E-state index is 0.359. The lowest BCUT2D eigenvalue weighted by atomic mass is 10.2. The predicted molar refractivity (Wildman–Crippen MR) is 58.4 cm³/mol. The molecule has 0 aliphatic heterocycles. The van der Waals surface area contributed by atoms with Crippen molar-refractivity contribution in [3.05, 3.63) is 43.0 Å². The molecule has 94 valence electrons. The smallest absolute Gasteiger partial charge is 0.267 e. The van der Waals surface area contributed by atoms with E-state index in [1.165, 1.54) is 4.57 Å². The molecule has 18 heavy (non-hydrogen) atoms. The zero-order valence-electron chi connectivity index (χ0n) is 9.13. The molecular formula is C10H9N3O4S. The Balaban J connectivity index is 2.11. The van der Waals surface area contributed by atoms with Gasteiger partial charge in [0.2, 0.25) is 10.4 Å². The van der Waals surface area contributed by atoms with Crippen LogP contribution in [0, 0.1) is 0 Å². The molecule has 0 amide bonds. The van der Waals surface area contributed by atoms with Gasteiger partial charge in [0.1, 0.15) is 0 Å². The van der Waals surface area contributed by atoms with Crippen molar-refractivity contribution in [3.63, 3.8) is 0 Å². The highest BCUT2D eigenvalue weighted by Gasteiger charge is 2.06. The highest BCUT2D eigenvalue weighted by atomic mass is 32.3. The van der Waals surface area contributed by atoms with Gasteiger partial charge in [0.25, 0.3) is 6.73 Å². The number of pyridine rings is 1. The van der Waals surface area contributed by atoms with Gasteiger partial charge in [-0.05, 0) is 6.07 Å². The summed E-state index contributed by atoms with van der Waals surface area (Å²) in [5, 5.41) is 0. The first-order valence-electron chi connectivity index (χ1n) is 4.91. The third kappa shape index (κ3) is 3.55. The van der Waals surface area contributed by atoms with E-state index >= 15 is 0 Å². The normalized spacial score (nSPS) is 11.4. The van der Waals surface area contributed by atoms with Crippen LogP contribution in [0.1, 0.15) is 0 Å². The molecule has 2 heterocycles. The summed E-state index contributed by atoms with van der Waals surface area (Å²) in [5.41, 5.74) is 0.775. The van der Waals surface area contributed by atoms with Crippen molar-refractivity contribution < 1.29 is 21.7 Å². The summed E-state index contributed by atoms with van der Waals surface area (Å²) in [7, 11) is -4.68. The van der Waals surface area contributed by atoms with Gasteiger partial charge >= 0.3 is 0 Å². The van der Waals surface area contributed by atoms with Crippen LogP contribution in [0.2, 0.25) is 0 Å². The van der Waals surface area contributed by atoms with E-state index < -0.39 is 10.4 Å². The fourth-order valence-corrected chi connectivity index (χ4v) is 1.52. The van der Waals surface area contributed by atoms with Gasteiger partial charge in [0.15, 0.2) is 18.2 Å². The molecule has 0 bridgehead atoms. The van der Waals surface area contributed by atoms with Gasteiger partial charge in [-0.1, -0.05) is 0 Å². The Bertz CT molecular complexity index is 613. The van der Waals surface area contributed by atoms with Gasteiger partial charge in [-0.2, -0.15) is 4.57 Å². The highest BCUT2D eigenvalue weighted by molar-refractivity contribution is 7.80. The van der Waals surface area contributed by atoms with Crippen molar-refractivity contribution in [1.29, 1.82) is 0 Å².